The predicted octanol–water partition coefficient (Wildman–Crippen LogP) is 1.58. The zero-order valence-corrected chi connectivity index (χ0v) is 13.6. The molecule has 0 spiro atoms. The van der Waals surface area contributed by atoms with E-state index in [0.717, 1.165) is 16.3 Å². The van der Waals surface area contributed by atoms with E-state index < -0.39 is 29.9 Å². The summed E-state index contributed by atoms with van der Waals surface area (Å²) in [5.74, 6) is -0.755. The summed E-state index contributed by atoms with van der Waals surface area (Å²) < 4.78 is 39.6. The summed E-state index contributed by atoms with van der Waals surface area (Å²) in [5.41, 5.74) is 5.25. The summed E-state index contributed by atoms with van der Waals surface area (Å²) in [6, 6.07) is 1.94. The van der Waals surface area contributed by atoms with Gasteiger partial charge in [-0.25, -0.2) is 4.79 Å². The van der Waals surface area contributed by atoms with Crippen molar-refractivity contribution in [2.75, 3.05) is 0 Å². The predicted molar refractivity (Wildman–Crippen MR) is 82.4 cm³/mol. The van der Waals surface area contributed by atoms with E-state index in [1.807, 2.05) is 5.32 Å². The number of carbonyl (C=O) groups excluding carboxylic acids is 2. The van der Waals surface area contributed by atoms with E-state index in [-0.39, 0.29) is 11.0 Å². The molecule has 0 fully saturated rings. The number of amides is 3. The quantitative estimate of drug-likeness (QED) is 0.768. The third kappa shape index (κ3) is 5.17. The number of urea groups is 1. The molecular formula is C13H13F3N6O2S. The fourth-order valence-electron chi connectivity index (χ4n) is 1.85. The Kier molecular flexibility index (Phi) is 5.62. The van der Waals surface area contributed by atoms with Crippen LogP contribution < -0.4 is 11.1 Å². The average molecular weight is 374 g/mol. The molecule has 0 bridgehead atoms. The van der Waals surface area contributed by atoms with Crippen LogP contribution in [-0.4, -0.2) is 43.1 Å². The molecule has 2 aromatic heterocycles. The van der Waals surface area contributed by atoms with Crippen molar-refractivity contribution >= 4 is 23.7 Å². The summed E-state index contributed by atoms with van der Waals surface area (Å²) in [5, 5.41) is 8.36. The van der Waals surface area contributed by atoms with E-state index in [2.05, 4.69) is 15.2 Å². The van der Waals surface area contributed by atoms with Crippen molar-refractivity contribution in [1.82, 2.24) is 25.1 Å². The van der Waals surface area contributed by atoms with Crippen molar-refractivity contribution in [3.63, 3.8) is 0 Å². The van der Waals surface area contributed by atoms with Gasteiger partial charge in [0.05, 0.1) is 5.25 Å². The maximum absolute atomic E-state index is 12.9. The minimum atomic E-state index is -4.52. The zero-order valence-electron chi connectivity index (χ0n) is 12.8. The van der Waals surface area contributed by atoms with Crippen molar-refractivity contribution in [2.24, 2.45) is 5.73 Å². The molecule has 0 aliphatic heterocycles. The molecule has 2 heterocycles. The van der Waals surface area contributed by atoms with Gasteiger partial charge in [-0.05, 0) is 19.1 Å². The first kappa shape index (κ1) is 18.7. The van der Waals surface area contributed by atoms with Crippen LogP contribution in [0.15, 0.2) is 29.7 Å². The minimum Gasteiger partial charge on any atom is -0.351 e. The van der Waals surface area contributed by atoms with E-state index in [9.17, 15) is 22.8 Å². The van der Waals surface area contributed by atoms with Crippen LogP contribution in [0.1, 0.15) is 6.92 Å². The summed E-state index contributed by atoms with van der Waals surface area (Å²) >= 11 is 0.730. The molecule has 3 amide bonds. The first-order chi connectivity index (χ1) is 11.7. The molecule has 2 rings (SSSR count). The Labute approximate surface area is 144 Å². The summed E-state index contributed by atoms with van der Waals surface area (Å²) in [6.07, 6.45) is -1.69. The molecule has 2 aromatic rings. The van der Waals surface area contributed by atoms with Crippen LogP contribution in [-0.2, 0) is 11.3 Å². The Morgan fingerprint density at radius 1 is 1.32 bits per heavy atom. The summed E-state index contributed by atoms with van der Waals surface area (Å²) in [6.45, 7) is 0.0752. The number of hydrogen-bond donors (Lipinski definition) is 2. The summed E-state index contributed by atoms with van der Waals surface area (Å²) in [4.78, 5) is 26.2. The third-order valence-corrected chi connectivity index (χ3v) is 3.97. The number of alkyl halides is 3. The fourth-order valence-corrected chi connectivity index (χ4v) is 2.70. The van der Waals surface area contributed by atoms with Gasteiger partial charge < -0.3 is 5.73 Å². The molecule has 0 aliphatic carbocycles. The number of primary amides is 1. The zero-order chi connectivity index (χ0) is 18.6. The number of carbonyl (C=O) groups is 2. The van der Waals surface area contributed by atoms with Crippen LogP contribution in [0, 0.1) is 0 Å². The lowest BCUT2D eigenvalue weighted by molar-refractivity contribution is -0.141. The van der Waals surface area contributed by atoms with E-state index in [1.165, 1.54) is 31.5 Å². The van der Waals surface area contributed by atoms with Gasteiger partial charge in [-0.3, -0.25) is 19.7 Å². The molecule has 3 N–H and O–H groups in total. The molecule has 0 aromatic carbocycles. The molecule has 0 saturated carbocycles. The first-order valence-electron chi connectivity index (χ1n) is 6.84. The van der Waals surface area contributed by atoms with Gasteiger partial charge >= 0.3 is 12.2 Å². The largest absolute Gasteiger partial charge is 0.406 e. The van der Waals surface area contributed by atoms with E-state index in [1.54, 1.807) is 0 Å². The van der Waals surface area contributed by atoms with E-state index in [4.69, 9.17) is 5.73 Å². The van der Waals surface area contributed by atoms with Gasteiger partial charge in [0.25, 0.3) is 0 Å². The standard InChI is InChI=1S/C13H13F3N6O2S/c1-7(10(23)19-11(17)24)25-12-21-20-9(8-2-4-18-5-3-8)22(12)6-13(14,15)16/h2-5,7H,6H2,1H3,(H3,17,19,23,24)/t7-/m1/s1. The van der Waals surface area contributed by atoms with Gasteiger partial charge in [0.15, 0.2) is 11.0 Å². The Morgan fingerprint density at radius 2 is 1.96 bits per heavy atom. The average Bonchev–Trinajstić information content (AvgIpc) is 2.88. The molecule has 134 valence electrons. The number of aromatic nitrogens is 4. The molecule has 1 atom stereocenters. The van der Waals surface area contributed by atoms with E-state index in [0.29, 0.717) is 5.56 Å². The highest BCUT2D eigenvalue weighted by atomic mass is 32.2. The molecule has 0 saturated heterocycles. The van der Waals surface area contributed by atoms with Crippen LogP contribution in [0.4, 0.5) is 18.0 Å². The van der Waals surface area contributed by atoms with Crippen molar-refractivity contribution in [3.8, 4) is 11.4 Å². The highest BCUT2D eigenvalue weighted by molar-refractivity contribution is 8.00. The number of imide groups is 1. The van der Waals surface area contributed by atoms with Gasteiger partial charge in [0.1, 0.15) is 6.54 Å². The lowest BCUT2D eigenvalue weighted by Crippen LogP contribution is -2.39. The van der Waals surface area contributed by atoms with Gasteiger partial charge in [-0.1, -0.05) is 11.8 Å². The highest BCUT2D eigenvalue weighted by Gasteiger charge is 2.32. The van der Waals surface area contributed by atoms with Gasteiger partial charge in [0, 0.05) is 18.0 Å². The van der Waals surface area contributed by atoms with Gasteiger partial charge in [0.2, 0.25) is 5.91 Å². The second-order valence-electron chi connectivity index (χ2n) is 4.86. The fraction of sp³-hybridized carbons (Fsp3) is 0.308. The van der Waals surface area contributed by atoms with Crippen LogP contribution in [0.25, 0.3) is 11.4 Å². The third-order valence-electron chi connectivity index (χ3n) is 2.89. The molecule has 12 heteroatoms. The molecular weight excluding hydrogens is 361 g/mol. The molecule has 0 aliphatic rings. The lowest BCUT2D eigenvalue weighted by Gasteiger charge is -2.14. The Balaban J connectivity index is 2.33. The Bertz CT molecular complexity index is 765. The Morgan fingerprint density at radius 3 is 2.52 bits per heavy atom. The number of nitrogens with two attached hydrogens (primary N) is 1. The van der Waals surface area contributed by atoms with Crippen LogP contribution >= 0.6 is 11.8 Å². The maximum Gasteiger partial charge on any atom is 0.406 e. The van der Waals surface area contributed by atoms with Crippen LogP contribution in [0.5, 0.6) is 0 Å². The number of thioether (sulfide) groups is 1. The number of nitrogens with zero attached hydrogens (tertiary/aromatic N) is 4. The topological polar surface area (TPSA) is 116 Å². The smallest absolute Gasteiger partial charge is 0.351 e. The van der Waals surface area contributed by atoms with Crippen molar-refractivity contribution in [1.29, 1.82) is 0 Å². The second-order valence-corrected chi connectivity index (χ2v) is 6.16. The Hall–Kier alpha value is -2.63. The number of pyridine rings is 1. The number of hydrogen-bond acceptors (Lipinski definition) is 6. The van der Waals surface area contributed by atoms with Crippen molar-refractivity contribution in [3.05, 3.63) is 24.5 Å². The SMILES string of the molecule is C[C@@H](Sc1nnc(-c2ccncc2)n1CC(F)(F)F)C(=O)NC(N)=O. The summed E-state index contributed by atoms with van der Waals surface area (Å²) in [7, 11) is 0. The number of halogens is 3. The van der Waals surface area contributed by atoms with Crippen LogP contribution in [0.2, 0.25) is 0 Å². The normalized spacial score (nSPS) is 12.6. The van der Waals surface area contributed by atoms with Crippen molar-refractivity contribution < 1.29 is 22.8 Å². The minimum absolute atomic E-state index is 0.00951. The second kappa shape index (κ2) is 7.51. The molecule has 0 radical (unpaired) electrons. The van der Waals surface area contributed by atoms with Gasteiger partial charge in [-0.15, -0.1) is 10.2 Å². The maximum atomic E-state index is 12.9. The monoisotopic (exact) mass is 374 g/mol. The molecule has 0 unspecified atom stereocenters. The lowest BCUT2D eigenvalue weighted by atomic mass is 10.2. The molecule has 25 heavy (non-hydrogen) atoms. The molecule has 8 nitrogen and oxygen atoms in total. The highest BCUT2D eigenvalue weighted by Crippen LogP contribution is 2.30. The first-order valence-corrected chi connectivity index (χ1v) is 7.72. The van der Waals surface area contributed by atoms with E-state index >= 15 is 0 Å². The number of rotatable bonds is 5. The number of nitrogens with one attached hydrogen (secondary N) is 1. The van der Waals surface area contributed by atoms with Gasteiger partial charge in [-0.2, -0.15) is 13.2 Å². The van der Waals surface area contributed by atoms with Crippen LogP contribution in [0.3, 0.4) is 0 Å². The van der Waals surface area contributed by atoms with Crippen molar-refractivity contribution in [2.45, 2.75) is 30.1 Å².